The number of amides is 3. The monoisotopic (exact) mass is 540 g/mol. The van der Waals surface area contributed by atoms with Crippen molar-refractivity contribution in [2.24, 2.45) is 5.84 Å². The van der Waals surface area contributed by atoms with E-state index < -0.39 is 17.9 Å². The fraction of sp³-hybridized carbons (Fsp3) is 0.105. The topological polar surface area (TPSA) is 132 Å². The van der Waals surface area contributed by atoms with Gasteiger partial charge in [0.05, 0.1) is 23.4 Å². The molecule has 3 aromatic rings. The zero-order valence-electron chi connectivity index (χ0n) is 16.6. The minimum absolute atomic E-state index is 0.0720. The number of aromatic nitrogens is 3. The number of methoxy groups -OCH3 is 1. The van der Waals surface area contributed by atoms with Gasteiger partial charge in [-0.05, 0) is 52.7 Å². The number of hydrogen-bond donors (Lipinski definition) is 2. The van der Waals surface area contributed by atoms with Crippen LogP contribution in [0.4, 0.5) is 10.5 Å². The van der Waals surface area contributed by atoms with Crippen LogP contribution in [0, 0.1) is 6.92 Å². The molecule has 0 bridgehead atoms. The van der Waals surface area contributed by atoms with Gasteiger partial charge in [0.2, 0.25) is 0 Å². The van der Waals surface area contributed by atoms with E-state index in [1.807, 2.05) is 0 Å². The quantitative estimate of drug-likeness (QED) is 0.290. The van der Waals surface area contributed by atoms with Crippen LogP contribution in [0.1, 0.15) is 26.4 Å². The molecule has 2 aromatic heterocycles. The Kier molecular flexibility index (Phi) is 7.14. The number of carbonyl (C=O) groups is 3. The summed E-state index contributed by atoms with van der Waals surface area (Å²) in [4.78, 5) is 41.8. The van der Waals surface area contributed by atoms with Crippen LogP contribution in [0.2, 0.25) is 10.0 Å². The number of nitrogens with two attached hydrogens (primary N) is 1. The fourth-order valence-corrected chi connectivity index (χ4v) is 3.62. The van der Waals surface area contributed by atoms with E-state index in [4.69, 9.17) is 29.0 Å². The van der Waals surface area contributed by atoms with Gasteiger partial charge >= 0.3 is 6.09 Å². The fourth-order valence-electron chi connectivity index (χ4n) is 2.77. The Hall–Kier alpha value is -2.99. The summed E-state index contributed by atoms with van der Waals surface area (Å²) >= 11 is 15.5. The zero-order chi connectivity index (χ0) is 23.6. The molecule has 0 aliphatic heterocycles. The number of pyridine rings is 1. The highest BCUT2D eigenvalue weighted by atomic mass is 79.9. The van der Waals surface area contributed by atoms with E-state index in [1.54, 1.807) is 19.1 Å². The van der Waals surface area contributed by atoms with Crippen LogP contribution in [0.3, 0.4) is 0 Å². The lowest BCUT2D eigenvalue weighted by molar-refractivity contribution is 0.0707. The Morgan fingerprint density at radius 1 is 1.25 bits per heavy atom. The third-order valence-corrected chi connectivity index (χ3v) is 5.11. The maximum atomic E-state index is 13.2. The van der Waals surface area contributed by atoms with E-state index in [2.05, 4.69) is 36.1 Å². The van der Waals surface area contributed by atoms with E-state index in [9.17, 15) is 14.4 Å². The molecule has 0 radical (unpaired) electrons. The van der Waals surface area contributed by atoms with Crippen molar-refractivity contribution in [3.63, 3.8) is 0 Å². The van der Waals surface area contributed by atoms with Gasteiger partial charge in [-0.25, -0.2) is 20.3 Å². The predicted molar refractivity (Wildman–Crippen MR) is 121 cm³/mol. The SMILES string of the molecule is COC(=O)N(N)C(=O)c1cc(Cl)cc(C)c1NC(=O)c1cc(Br)nn1-c1ncccc1Cl. The number of imide groups is 1. The van der Waals surface area contributed by atoms with Crippen molar-refractivity contribution in [2.75, 3.05) is 12.4 Å². The van der Waals surface area contributed by atoms with Crippen LogP contribution in [0.15, 0.2) is 41.1 Å². The molecule has 0 aliphatic rings. The number of rotatable bonds is 4. The Bertz CT molecular complexity index is 1230. The van der Waals surface area contributed by atoms with Crippen molar-refractivity contribution in [3.05, 3.63) is 68.0 Å². The lowest BCUT2D eigenvalue weighted by atomic mass is 10.1. The molecule has 3 N–H and O–H groups in total. The predicted octanol–water partition coefficient (Wildman–Crippen LogP) is 3.98. The first kappa shape index (κ1) is 23.7. The highest BCUT2D eigenvalue weighted by Crippen LogP contribution is 2.28. The minimum atomic E-state index is -1.09. The van der Waals surface area contributed by atoms with Gasteiger partial charge in [0.15, 0.2) is 5.82 Å². The van der Waals surface area contributed by atoms with E-state index in [1.165, 1.54) is 29.1 Å². The van der Waals surface area contributed by atoms with Gasteiger partial charge in [-0.15, -0.1) is 0 Å². The lowest BCUT2D eigenvalue weighted by Gasteiger charge is -2.18. The van der Waals surface area contributed by atoms with E-state index in [-0.39, 0.29) is 37.8 Å². The maximum absolute atomic E-state index is 13.2. The molecule has 13 heteroatoms. The summed E-state index contributed by atoms with van der Waals surface area (Å²) in [7, 11) is 1.07. The molecule has 0 atom stereocenters. The first-order valence-electron chi connectivity index (χ1n) is 8.79. The lowest BCUT2D eigenvalue weighted by Crippen LogP contribution is -2.42. The van der Waals surface area contributed by atoms with E-state index in [0.29, 0.717) is 10.2 Å². The second-order valence-corrected chi connectivity index (χ2v) is 7.97. The molecule has 0 saturated carbocycles. The number of nitrogens with zero attached hydrogens (tertiary/aromatic N) is 4. The van der Waals surface area contributed by atoms with Crippen LogP contribution >= 0.6 is 39.1 Å². The summed E-state index contributed by atoms with van der Waals surface area (Å²) in [5.41, 5.74) is 0.508. The molecule has 10 nitrogen and oxygen atoms in total. The smallest absolute Gasteiger partial charge is 0.431 e. The number of hydrogen-bond acceptors (Lipinski definition) is 7. The summed E-state index contributed by atoms with van der Waals surface area (Å²) in [6, 6.07) is 7.51. The second-order valence-electron chi connectivity index (χ2n) is 6.32. The number of nitrogens with one attached hydrogen (secondary N) is 1. The molecule has 2 heterocycles. The Balaban J connectivity index is 2.04. The van der Waals surface area contributed by atoms with Gasteiger partial charge in [0.25, 0.3) is 11.8 Å². The van der Waals surface area contributed by atoms with Crippen molar-refractivity contribution < 1.29 is 19.1 Å². The number of anilines is 1. The van der Waals surface area contributed by atoms with E-state index in [0.717, 1.165) is 7.11 Å². The van der Waals surface area contributed by atoms with Gasteiger partial charge < -0.3 is 10.1 Å². The van der Waals surface area contributed by atoms with Crippen LogP contribution in [0.25, 0.3) is 5.82 Å². The molecule has 32 heavy (non-hydrogen) atoms. The zero-order valence-corrected chi connectivity index (χ0v) is 19.7. The molecule has 0 aliphatic carbocycles. The van der Waals surface area contributed by atoms with Crippen LogP contribution < -0.4 is 11.2 Å². The van der Waals surface area contributed by atoms with Crippen molar-refractivity contribution in [2.45, 2.75) is 6.92 Å². The molecule has 3 rings (SSSR count). The van der Waals surface area contributed by atoms with Gasteiger partial charge in [0, 0.05) is 17.3 Å². The Morgan fingerprint density at radius 2 is 1.97 bits per heavy atom. The average Bonchev–Trinajstić information content (AvgIpc) is 3.15. The molecule has 0 fully saturated rings. The standard InChI is InChI=1S/C19H15BrCl2N6O4/c1-9-6-10(21)7-11(18(30)27(23)19(31)32-2)15(9)25-17(29)13-8-14(20)26-28(13)16-12(22)4-3-5-24-16/h3-8H,23H2,1-2H3,(H,25,29). The third-order valence-electron chi connectivity index (χ3n) is 4.21. The first-order valence-corrected chi connectivity index (χ1v) is 10.3. The molecule has 0 unspecified atom stereocenters. The molecular weight excluding hydrogens is 527 g/mol. The summed E-state index contributed by atoms with van der Waals surface area (Å²) in [6.07, 6.45) is 0.415. The molecule has 0 spiro atoms. The van der Waals surface area contributed by atoms with Crippen molar-refractivity contribution >= 4 is 62.7 Å². The minimum Gasteiger partial charge on any atom is -0.451 e. The number of ether oxygens (including phenoxy) is 1. The highest BCUT2D eigenvalue weighted by molar-refractivity contribution is 9.10. The number of carbonyl (C=O) groups excluding carboxylic acids is 3. The normalized spacial score (nSPS) is 10.6. The third kappa shape index (κ3) is 4.75. The van der Waals surface area contributed by atoms with Crippen molar-refractivity contribution in [1.29, 1.82) is 0 Å². The first-order chi connectivity index (χ1) is 15.1. The molecule has 1 aromatic carbocycles. The Morgan fingerprint density at radius 3 is 2.62 bits per heavy atom. The van der Waals surface area contributed by atoms with Gasteiger partial charge in [-0.3, -0.25) is 9.59 Å². The van der Waals surface area contributed by atoms with E-state index >= 15 is 0 Å². The largest absolute Gasteiger partial charge is 0.451 e. The van der Waals surface area contributed by atoms with Gasteiger partial charge in [-0.1, -0.05) is 23.2 Å². The second kappa shape index (κ2) is 9.65. The number of halogens is 3. The highest BCUT2D eigenvalue weighted by Gasteiger charge is 2.26. The van der Waals surface area contributed by atoms with Crippen molar-refractivity contribution in [3.8, 4) is 5.82 Å². The van der Waals surface area contributed by atoms with Crippen LogP contribution in [-0.2, 0) is 4.74 Å². The summed E-state index contributed by atoms with van der Waals surface area (Å²) in [5, 5.41) is 7.61. The number of aryl methyl sites for hydroxylation is 1. The summed E-state index contributed by atoms with van der Waals surface area (Å²) in [5.74, 6) is 4.21. The van der Waals surface area contributed by atoms with Crippen LogP contribution in [0.5, 0.6) is 0 Å². The van der Waals surface area contributed by atoms with Gasteiger partial charge in [0.1, 0.15) is 10.3 Å². The molecular formula is C19H15BrCl2N6O4. The van der Waals surface area contributed by atoms with Crippen molar-refractivity contribution in [1.82, 2.24) is 19.8 Å². The van der Waals surface area contributed by atoms with Crippen LogP contribution in [-0.4, -0.2) is 44.8 Å². The number of benzene rings is 1. The average molecular weight is 542 g/mol. The molecule has 3 amide bonds. The maximum Gasteiger partial charge on any atom is 0.431 e. The molecule has 0 saturated heterocycles. The Labute approximate surface area is 200 Å². The number of hydrazine groups is 1. The van der Waals surface area contributed by atoms with Gasteiger partial charge in [-0.2, -0.15) is 10.1 Å². The molecule has 166 valence electrons. The summed E-state index contributed by atoms with van der Waals surface area (Å²) < 4.78 is 6.07. The summed E-state index contributed by atoms with van der Waals surface area (Å²) in [6.45, 7) is 1.63.